The van der Waals surface area contributed by atoms with Crippen LogP contribution in [0.4, 0.5) is 4.39 Å². The molecule has 0 amide bonds. The number of aromatic nitrogens is 1. The van der Waals surface area contributed by atoms with Gasteiger partial charge in [-0.2, -0.15) is 5.26 Å². The highest BCUT2D eigenvalue weighted by molar-refractivity contribution is 14.0. The molecule has 0 aliphatic rings. The zero-order chi connectivity index (χ0) is 18.9. The van der Waals surface area contributed by atoms with Crippen molar-refractivity contribution in [3.8, 4) is 6.07 Å². The second kappa shape index (κ2) is 11.5. The van der Waals surface area contributed by atoms with E-state index in [9.17, 15) is 4.39 Å². The van der Waals surface area contributed by atoms with E-state index in [1.54, 1.807) is 12.1 Å². The molecular weight excluding hydrogens is 460 g/mol. The first-order chi connectivity index (χ1) is 12.6. The fourth-order valence-electron chi connectivity index (χ4n) is 2.56. The van der Waals surface area contributed by atoms with Gasteiger partial charge >= 0.3 is 0 Å². The number of nitrogens with zero attached hydrogens (tertiary/aromatic N) is 3. The Hall–Kier alpha value is -2.15. The number of hydrogen-bond acceptors (Lipinski definition) is 4. The maximum atomic E-state index is 14.0. The number of nitrogens with one attached hydrogen (secondary N) is 2. The normalized spacial score (nSPS) is 10.9. The van der Waals surface area contributed by atoms with E-state index in [2.05, 4.69) is 20.8 Å². The van der Waals surface area contributed by atoms with Crippen LogP contribution in [-0.4, -0.2) is 17.7 Å². The standard InChI is InChI=1S/C19H24FN5O.HI/c1-4-17-15(18(5-2)26-25-17)12-24-19(22-6-3)23-11-14-8-7-13(10-21)9-16(14)20;/h7-9H,4-6,11-12H2,1-3H3,(H2,22,23,24);1H. The van der Waals surface area contributed by atoms with Gasteiger partial charge in [0.05, 0.1) is 23.9 Å². The van der Waals surface area contributed by atoms with Crippen molar-refractivity contribution in [3.05, 3.63) is 52.2 Å². The number of aryl methyl sites for hydroxylation is 2. The molecule has 0 bridgehead atoms. The minimum atomic E-state index is -0.427. The monoisotopic (exact) mass is 485 g/mol. The van der Waals surface area contributed by atoms with Gasteiger partial charge in [0.2, 0.25) is 0 Å². The highest BCUT2D eigenvalue weighted by Gasteiger charge is 2.13. The molecule has 0 fully saturated rings. The number of benzene rings is 1. The first kappa shape index (κ1) is 22.9. The molecule has 8 heteroatoms. The lowest BCUT2D eigenvalue weighted by molar-refractivity contribution is 0.380. The maximum Gasteiger partial charge on any atom is 0.191 e. The lowest BCUT2D eigenvalue weighted by Crippen LogP contribution is -2.37. The Labute approximate surface area is 176 Å². The summed E-state index contributed by atoms with van der Waals surface area (Å²) in [5.41, 5.74) is 2.72. The van der Waals surface area contributed by atoms with Gasteiger partial charge in [-0.25, -0.2) is 9.38 Å². The predicted molar refractivity (Wildman–Crippen MR) is 113 cm³/mol. The molecule has 27 heavy (non-hydrogen) atoms. The van der Waals surface area contributed by atoms with Crippen LogP contribution in [0.15, 0.2) is 27.7 Å². The number of guanidine groups is 1. The number of hydrogen-bond donors (Lipinski definition) is 2. The molecule has 0 saturated carbocycles. The third-order valence-electron chi connectivity index (χ3n) is 3.97. The Morgan fingerprint density at radius 1 is 1.26 bits per heavy atom. The Morgan fingerprint density at radius 2 is 2.04 bits per heavy atom. The number of aliphatic imine (C=N–C) groups is 1. The summed E-state index contributed by atoms with van der Waals surface area (Å²) < 4.78 is 19.4. The van der Waals surface area contributed by atoms with Gasteiger partial charge in [0.15, 0.2) is 5.96 Å². The molecule has 2 rings (SSSR count). The molecule has 0 atom stereocenters. The van der Waals surface area contributed by atoms with Crippen LogP contribution in [0.1, 0.15) is 48.9 Å². The van der Waals surface area contributed by atoms with Gasteiger partial charge in [-0.3, -0.25) is 0 Å². The maximum absolute atomic E-state index is 14.0. The summed E-state index contributed by atoms with van der Waals surface area (Å²) in [5, 5.41) is 19.3. The van der Waals surface area contributed by atoms with Crippen LogP contribution >= 0.6 is 24.0 Å². The Kier molecular flexibility index (Phi) is 9.78. The van der Waals surface area contributed by atoms with Crippen LogP contribution in [-0.2, 0) is 25.9 Å². The molecule has 6 nitrogen and oxygen atoms in total. The molecule has 1 aromatic carbocycles. The van der Waals surface area contributed by atoms with E-state index < -0.39 is 5.82 Å². The molecule has 2 N–H and O–H groups in total. The van der Waals surface area contributed by atoms with Gasteiger partial charge in [-0.05, 0) is 25.5 Å². The number of rotatable bonds is 7. The van der Waals surface area contributed by atoms with Gasteiger partial charge in [0.25, 0.3) is 0 Å². The zero-order valence-electron chi connectivity index (χ0n) is 15.8. The van der Waals surface area contributed by atoms with E-state index in [1.807, 2.05) is 26.8 Å². The van der Waals surface area contributed by atoms with Gasteiger partial charge in [-0.15, -0.1) is 24.0 Å². The molecule has 0 aliphatic carbocycles. The van der Waals surface area contributed by atoms with Crippen molar-refractivity contribution in [2.45, 2.75) is 46.7 Å². The second-order valence-electron chi connectivity index (χ2n) is 5.70. The fraction of sp³-hybridized carbons (Fsp3) is 0.421. The quantitative estimate of drug-likeness (QED) is 0.355. The summed E-state index contributed by atoms with van der Waals surface area (Å²) in [7, 11) is 0. The topological polar surface area (TPSA) is 86.2 Å². The SMILES string of the molecule is CCNC(=NCc1ccc(C#N)cc1F)NCc1c(CC)noc1CC.I. The first-order valence-corrected chi connectivity index (χ1v) is 8.79. The first-order valence-electron chi connectivity index (χ1n) is 8.79. The third kappa shape index (κ3) is 6.20. The Bertz CT molecular complexity index is 791. The largest absolute Gasteiger partial charge is 0.361 e. The molecule has 0 aliphatic heterocycles. The molecule has 0 unspecified atom stereocenters. The molecule has 1 heterocycles. The van der Waals surface area contributed by atoms with Crippen LogP contribution in [0.25, 0.3) is 0 Å². The summed E-state index contributed by atoms with van der Waals surface area (Å²) in [6, 6.07) is 6.33. The van der Waals surface area contributed by atoms with Crippen LogP contribution < -0.4 is 10.6 Å². The second-order valence-corrected chi connectivity index (χ2v) is 5.70. The average Bonchev–Trinajstić information content (AvgIpc) is 3.06. The van der Waals surface area contributed by atoms with Crippen molar-refractivity contribution >= 4 is 29.9 Å². The van der Waals surface area contributed by atoms with Gasteiger partial charge < -0.3 is 15.2 Å². The van der Waals surface area contributed by atoms with E-state index in [-0.39, 0.29) is 30.5 Å². The molecule has 0 spiro atoms. The molecular formula is C19H25FIN5O. The van der Waals surface area contributed by atoms with Crippen LogP contribution in [0.5, 0.6) is 0 Å². The smallest absolute Gasteiger partial charge is 0.191 e. The van der Waals surface area contributed by atoms with E-state index in [0.717, 1.165) is 29.9 Å². The van der Waals surface area contributed by atoms with Crippen molar-refractivity contribution in [1.82, 2.24) is 15.8 Å². The molecule has 146 valence electrons. The molecule has 1 aromatic heterocycles. The summed E-state index contributed by atoms with van der Waals surface area (Å²) in [4.78, 5) is 4.43. The van der Waals surface area contributed by atoms with Gasteiger partial charge in [-0.1, -0.05) is 25.1 Å². The van der Waals surface area contributed by atoms with Crippen LogP contribution in [0.3, 0.4) is 0 Å². The Morgan fingerprint density at radius 3 is 2.63 bits per heavy atom. The zero-order valence-corrected chi connectivity index (χ0v) is 18.1. The van der Waals surface area contributed by atoms with E-state index >= 15 is 0 Å². The average molecular weight is 485 g/mol. The van der Waals surface area contributed by atoms with E-state index in [1.165, 1.54) is 6.07 Å². The van der Waals surface area contributed by atoms with E-state index in [0.29, 0.717) is 30.2 Å². The summed E-state index contributed by atoms with van der Waals surface area (Å²) in [5.74, 6) is 1.02. The third-order valence-corrected chi connectivity index (χ3v) is 3.97. The van der Waals surface area contributed by atoms with Gasteiger partial charge in [0, 0.05) is 30.6 Å². The number of halogens is 2. The lowest BCUT2D eigenvalue weighted by Gasteiger charge is -2.12. The molecule has 2 aromatic rings. The van der Waals surface area contributed by atoms with Crippen LogP contribution in [0.2, 0.25) is 0 Å². The van der Waals surface area contributed by atoms with Crippen LogP contribution in [0, 0.1) is 17.1 Å². The predicted octanol–water partition coefficient (Wildman–Crippen LogP) is 3.68. The minimum absolute atomic E-state index is 0. The summed E-state index contributed by atoms with van der Waals surface area (Å²) >= 11 is 0. The van der Waals surface area contributed by atoms with Crippen molar-refractivity contribution in [1.29, 1.82) is 5.26 Å². The highest BCUT2D eigenvalue weighted by Crippen LogP contribution is 2.15. The van der Waals surface area contributed by atoms with Crippen molar-refractivity contribution < 1.29 is 8.91 Å². The summed E-state index contributed by atoms with van der Waals surface area (Å²) in [6.45, 7) is 7.43. The fourth-order valence-corrected chi connectivity index (χ4v) is 2.56. The number of nitriles is 1. The lowest BCUT2D eigenvalue weighted by atomic mass is 10.1. The van der Waals surface area contributed by atoms with Crippen molar-refractivity contribution in [2.75, 3.05) is 6.54 Å². The highest BCUT2D eigenvalue weighted by atomic mass is 127. The van der Waals surface area contributed by atoms with Crippen molar-refractivity contribution in [3.63, 3.8) is 0 Å². The van der Waals surface area contributed by atoms with E-state index in [4.69, 9.17) is 9.78 Å². The van der Waals surface area contributed by atoms with Crippen molar-refractivity contribution in [2.24, 2.45) is 4.99 Å². The molecule has 0 saturated heterocycles. The summed E-state index contributed by atoms with van der Waals surface area (Å²) in [6.07, 6.45) is 1.57. The minimum Gasteiger partial charge on any atom is -0.361 e. The molecule has 0 radical (unpaired) electrons. The van der Waals surface area contributed by atoms with Gasteiger partial charge in [0.1, 0.15) is 11.6 Å². The Balaban J connectivity index is 0.00000364.